The van der Waals surface area contributed by atoms with E-state index in [9.17, 15) is 4.79 Å². The molecule has 1 atom stereocenters. The third-order valence-electron chi connectivity index (χ3n) is 3.40. The van der Waals surface area contributed by atoms with E-state index in [0.29, 0.717) is 6.54 Å². The average Bonchev–Trinajstić information content (AvgIpc) is 2.38. The van der Waals surface area contributed by atoms with Crippen molar-refractivity contribution in [1.29, 1.82) is 0 Å². The fourth-order valence-electron chi connectivity index (χ4n) is 2.14. The summed E-state index contributed by atoms with van der Waals surface area (Å²) >= 11 is 0. The summed E-state index contributed by atoms with van der Waals surface area (Å²) in [5, 5.41) is 14.7. The van der Waals surface area contributed by atoms with Gasteiger partial charge in [0.2, 0.25) is 0 Å². The SMILES string of the molecule is CC(C)C(CNc1ccc2ccccc2c1)C(=O)O. The second kappa shape index (κ2) is 5.74. The first-order valence-corrected chi connectivity index (χ1v) is 6.53. The van der Waals surface area contributed by atoms with E-state index in [4.69, 9.17) is 5.11 Å². The summed E-state index contributed by atoms with van der Waals surface area (Å²) in [4.78, 5) is 11.1. The number of hydrogen-bond acceptors (Lipinski definition) is 2. The van der Waals surface area contributed by atoms with Crippen molar-refractivity contribution >= 4 is 22.4 Å². The topological polar surface area (TPSA) is 49.3 Å². The highest BCUT2D eigenvalue weighted by Crippen LogP contribution is 2.20. The van der Waals surface area contributed by atoms with Crippen molar-refractivity contribution in [3.05, 3.63) is 42.5 Å². The van der Waals surface area contributed by atoms with E-state index in [2.05, 4.69) is 23.5 Å². The van der Waals surface area contributed by atoms with Gasteiger partial charge in [0, 0.05) is 12.2 Å². The van der Waals surface area contributed by atoms with E-state index in [1.807, 2.05) is 38.1 Å². The Balaban J connectivity index is 2.11. The Labute approximate surface area is 113 Å². The van der Waals surface area contributed by atoms with Gasteiger partial charge in [-0.15, -0.1) is 0 Å². The highest BCUT2D eigenvalue weighted by molar-refractivity contribution is 5.85. The minimum Gasteiger partial charge on any atom is -0.481 e. The summed E-state index contributed by atoms with van der Waals surface area (Å²) in [7, 11) is 0. The van der Waals surface area contributed by atoms with Gasteiger partial charge in [-0.3, -0.25) is 4.79 Å². The molecule has 0 aliphatic rings. The van der Waals surface area contributed by atoms with Crippen LogP contribution in [0.1, 0.15) is 13.8 Å². The van der Waals surface area contributed by atoms with Gasteiger partial charge < -0.3 is 10.4 Å². The standard InChI is InChI=1S/C16H19NO2/c1-11(2)15(16(18)19)10-17-14-8-7-12-5-3-4-6-13(12)9-14/h3-9,11,15,17H,10H2,1-2H3,(H,18,19). The molecular formula is C16H19NO2. The van der Waals surface area contributed by atoms with Crippen LogP contribution in [0.4, 0.5) is 5.69 Å². The molecule has 1 unspecified atom stereocenters. The van der Waals surface area contributed by atoms with Crippen molar-refractivity contribution in [2.75, 3.05) is 11.9 Å². The summed E-state index contributed by atoms with van der Waals surface area (Å²) in [5.41, 5.74) is 0.964. The smallest absolute Gasteiger partial charge is 0.308 e. The molecule has 2 rings (SSSR count). The van der Waals surface area contributed by atoms with Crippen LogP contribution in [-0.4, -0.2) is 17.6 Å². The lowest BCUT2D eigenvalue weighted by Gasteiger charge is -2.17. The van der Waals surface area contributed by atoms with Crippen LogP contribution in [0.25, 0.3) is 10.8 Å². The van der Waals surface area contributed by atoms with Crippen LogP contribution in [0.5, 0.6) is 0 Å². The largest absolute Gasteiger partial charge is 0.481 e. The van der Waals surface area contributed by atoms with Gasteiger partial charge in [-0.1, -0.05) is 44.2 Å². The van der Waals surface area contributed by atoms with E-state index >= 15 is 0 Å². The van der Waals surface area contributed by atoms with Crippen molar-refractivity contribution in [2.24, 2.45) is 11.8 Å². The van der Waals surface area contributed by atoms with Crippen LogP contribution in [0, 0.1) is 11.8 Å². The molecule has 2 N–H and O–H groups in total. The van der Waals surface area contributed by atoms with E-state index in [1.165, 1.54) is 5.39 Å². The Morgan fingerprint density at radius 2 is 1.84 bits per heavy atom. The number of carboxylic acid groups (broad SMARTS) is 1. The summed E-state index contributed by atoms with van der Waals surface area (Å²) in [5.74, 6) is -1.000. The Kier molecular flexibility index (Phi) is 4.05. The molecule has 0 saturated carbocycles. The monoisotopic (exact) mass is 257 g/mol. The normalized spacial score (nSPS) is 12.6. The van der Waals surface area contributed by atoms with Crippen molar-refractivity contribution in [1.82, 2.24) is 0 Å². The third-order valence-corrected chi connectivity index (χ3v) is 3.40. The quantitative estimate of drug-likeness (QED) is 0.860. The lowest BCUT2D eigenvalue weighted by Crippen LogP contribution is -2.27. The molecule has 3 nitrogen and oxygen atoms in total. The number of benzene rings is 2. The first kappa shape index (κ1) is 13.4. The average molecular weight is 257 g/mol. The van der Waals surface area contributed by atoms with Gasteiger partial charge in [-0.05, 0) is 28.8 Å². The maximum atomic E-state index is 11.1. The lowest BCUT2D eigenvalue weighted by molar-refractivity contribution is -0.142. The van der Waals surface area contributed by atoms with Gasteiger partial charge in [0.25, 0.3) is 0 Å². The molecule has 0 aromatic heterocycles. The Morgan fingerprint density at radius 3 is 2.47 bits per heavy atom. The minimum atomic E-state index is -0.747. The first-order chi connectivity index (χ1) is 9.08. The molecule has 0 aliphatic heterocycles. The van der Waals surface area contributed by atoms with Crippen molar-refractivity contribution in [3.8, 4) is 0 Å². The zero-order valence-electron chi connectivity index (χ0n) is 11.3. The maximum absolute atomic E-state index is 11.1. The summed E-state index contributed by atoms with van der Waals surface area (Å²) in [6.07, 6.45) is 0. The first-order valence-electron chi connectivity index (χ1n) is 6.53. The highest BCUT2D eigenvalue weighted by Gasteiger charge is 2.20. The summed E-state index contributed by atoms with van der Waals surface area (Å²) in [6, 6.07) is 14.2. The summed E-state index contributed by atoms with van der Waals surface area (Å²) < 4.78 is 0. The van der Waals surface area contributed by atoms with Crippen LogP contribution in [-0.2, 0) is 4.79 Å². The Bertz CT molecular complexity index is 578. The van der Waals surface area contributed by atoms with Crippen molar-refractivity contribution in [3.63, 3.8) is 0 Å². The predicted octanol–water partition coefficient (Wildman–Crippen LogP) is 3.61. The van der Waals surface area contributed by atoms with Crippen LogP contribution in [0.2, 0.25) is 0 Å². The molecule has 0 amide bonds. The van der Waals surface area contributed by atoms with E-state index in [0.717, 1.165) is 11.1 Å². The van der Waals surface area contributed by atoms with Gasteiger partial charge in [-0.25, -0.2) is 0 Å². The molecular weight excluding hydrogens is 238 g/mol. The number of fused-ring (bicyclic) bond motifs is 1. The fraction of sp³-hybridized carbons (Fsp3) is 0.312. The molecule has 0 heterocycles. The number of carboxylic acids is 1. The maximum Gasteiger partial charge on any atom is 0.308 e. The number of rotatable bonds is 5. The van der Waals surface area contributed by atoms with Gasteiger partial charge in [-0.2, -0.15) is 0 Å². The zero-order chi connectivity index (χ0) is 13.8. The number of anilines is 1. The lowest BCUT2D eigenvalue weighted by atomic mass is 9.96. The number of carbonyl (C=O) groups is 1. The highest BCUT2D eigenvalue weighted by atomic mass is 16.4. The minimum absolute atomic E-state index is 0.116. The molecule has 100 valence electrons. The number of hydrogen-bond donors (Lipinski definition) is 2. The number of aliphatic carboxylic acids is 1. The van der Waals surface area contributed by atoms with Crippen molar-refractivity contribution < 1.29 is 9.90 Å². The van der Waals surface area contributed by atoms with E-state index in [1.54, 1.807) is 0 Å². The third kappa shape index (κ3) is 3.25. The zero-order valence-corrected chi connectivity index (χ0v) is 11.3. The van der Waals surface area contributed by atoms with Gasteiger partial charge >= 0.3 is 5.97 Å². The molecule has 19 heavy (non-hydrogen) atoms. The molecule has 2 aromatic carbocycles. The Hall–Kier alpha value is -2.03. The van der Waals surface area contributed by atoms with Gasteiger partial charge in [0.1, 0.15) is 0 Å². The van der Waals surface area contributed by atoms with Crippen LogP contribution in [0.15, 0.2) is 42.5 Å². The number of nitrogens with one attached hydrogen (secondary N) is 1. The van der Waals surface area contributed by atoms with Crippen LogP contribution in [0.3, 0.4) is 0 Å². The molecule has 0 fully saturated rings. The predicted molar refractivity (Wildman–Crippen MR) is 78.4 cm³/mol. The molecule has 2 aromatic rings. The molecule has 0 saturated heterocycles. The second-order valence-corrected chi connectivity index (χ2v) is 5.13. The fourth-order valence-corrected chi connectivity index (χ4v) is 2.14. The van der Waals surface area contributed by atoms with E-state index < -0.39 is 5.97 Å². The Morgan fingerprint density at radius 1 is 1.16 bits per heavy atom. The van der Waals surface area contributed by atoms with Gasteiger partial charge in [0.05, 0.1) is 5.92 Å². The molecule has 0 aliphatic carbocycles. The molecule has 3 heteroatoms. The molecule has 0 spiro atoms. The van der Waals surface area contributed by atoms with Crippen molar-refractivity contribution in [2.45, 2.75) is 13.8 Å². The van der Waals surface area contributed by atoms with Gasteiger partial charge in [0.15, 0.2) is 0 Å². The molecule has 0 radical (unpaired) electrons. The molecule has 0 bridgehead atoms. The summed E-state index contributed by atoms with van der Waals surface area (Å²) in [6.45, 7) is 4.31. The second-order valence-electron chi connectivity index (χ2n) is 5.13. The van der Waals surface area contributed by atoms with Crippen LogP contribution >= 0.6 is 0 Å². The van der Waals surface area contributed by atoms with Crippen LogP contribution < -0.4 is 5.32 Å². The van der Waals surface area contributed by atoms with E-state index in [-0.39, 0.29) is 11.8 Å².